The van der Waals surface area contributed by atoms with E-state index in [0.717, 1.165) is 11.1 Å². The summed E-state index contributed by atoms with van der Waals surface area (Å²) in [5.41, 5.74) is 7.94. The van der Waals surface area contributed by atoms with Gasteiger partial charge in [0.05, 0.1) is 6.61 Å². The summed E-state index contributed by atoms with van der Waals surface area (Å²) in [6.45, 7) is 0.219. The van der Waals surface area contributed by atoms with Gasteiger partial charge in [0.1, 0.15) is 12.4 Å². The maximum Gasteiger partial charge on any atom is 0.125 e. The van der Waals surface area contributed by atoms with Crippen molar-refractivity contribution >= 4 is 17.3 Å². The molecule has 0 atom stereocenters. The van der Waals surface area contributed by atoms with Gasteiger partial charge in [-0.2, -0.15) is 0 Å². The highest BCUT2D eigenvalue weighted by molar-refractivity contribution is 6.31. The van der Waals surface area contributed by atoms with Crippen LogP contribution in [0.4, 0.5) is 5.69 Å². The van der Waals surface area contributed by atoms with E-state index in [9.17, 15) is 5.11 Å². The summed E-state index contributed by atoms with van der Waals surface area (Å²) in [5.74, 6) is 0.638. The first-order valence-electron chi connectivity index (χ1n) is 5.57. The summed E-state index contributed by atoms with van der Waals surface area (Å²) < 4.78 is 5.65. The molecule has 0 unspecified atom stereocenters. The van der Waals surface area contributed by atoms with Crippen LogP contribution in [0.15, 0.2) is 42.5 Å². The van der Waals surface area contributed by atoms with E-state index in [0.29, 0.717) is 16.5 Å². The molecule has 0 aliphatic carbocycles. The number of rotatable bonds is 4. The summed E-state index contributed by atoms with van der Waals surface area (Å²) in [6, 6.07) is 12.7. The van der Waals surface area contributed by atoms with Gasteiger partial charge in [0.25, 0.3) is 0 Å². The van der Waals surface area contributed by atoms with Gasteiger partial charge in [0.15, 0.2) is 0 Å². The molecule has 0 aromatic heterocycles. The number of hydrogen-bond donors (Lipinski definition) is 2. The molecule has 0 spiro atoms. The van der Waals surface area contributed by atoms with Crippen LogP contribution in [0.5, 0.6) is 5.75 Å². The summed E-state index contributed by atoms with van der Waals surface area (Å²) in [4.78, 5) is 0. The van der Waals surface area contributed by atoms with Gasteiger partial charge in [-0.3, -0.25) is 0 Å². The van der Waals surface area contributed by atoms with Crippen LogP contribution in [-0.2, 0) is 13.2 Å². The van der Waals surface area contributed by atoms with Crippen molar-refractivity contribution in [3.05, 3.63) is 58.6 Å². The maximum atomic E-state index is 9.19. The Balaban J connectivity index is 2.16. The minimum Gasteiger partial charge on any atom is -0.488 e. The lowest BCUT2D eigenvalue weighted by atomic mass is 10.2. The first-order valence-corrected chi connectivity index (χ1v) is 5.94. The van der Waals surface area contributed by atoms with E-state index < -0.39 is 0 Å². The van der Waals surface area contributed by atoms with Gasteiger partial charge in [-0.05, 0) is 18.2 Å². The Morgan fingerprint density at radius 2 is 1.89 bits per heavy atom. The SMILES string of the molecule is Nc1cccc(Cl)c1COc1ccccc1CO. The van der Waals surface area contributed by atoms with Crippen LogP contribution in [0.2, 0.25) is 5.02 Å². The summed E-state index contributed by atoms with van der Waals surface area (Å²) in [5, 5.41) is 9.77. The fourth-order valence-electron chi connectivity index (χ4n) is 1.65. The van der Waals surface area contributed by atoms with E-state index >= 15 is 0 Å². The Morgan fingerprint density at radius 3 is 2.61 bits per heavy atom. The van der Waals surface area contributed by atoms with E-state index in [-0.39, 0.29) is 13.2 Å². The number of aliphatic hydroxyl groups is 1. The number of para-hydroxylation sites is 1. The van der Waals surface area contributed by atoms with Gasteiger partial charge < -0.3 is 15.6 Å². The molecule has 94 valence electrons. The summed E-state index contributed by atoms with van der Waals surface area (Å²) in [6.07, 6.45) is 0. The van der Waals surface area contributed by atoms with Gasteiger partial charge >= 0.3 is 0 Å². The van der Waals surface area contributed by atoms with Gasteiger partial charge in [-0.25, -0.2) is 0 Å². The summed E-state index contributed by atoms with van der Waals surface area (Å²) in [7, 11) is 0. The molecule has 3 nitrogen and oxygen atoms in total. The Kier molecular flexibility index (Phi) is 4.07. The van der Waals surface area contributed by atoms with Crippen LogP contribution >= 0.6 is 11.6 Å². The fourth-order valence-corrected chi connectivity index (χ4v) is 1.89. The van der Waals surface area contributed by atoms with Crippen LogP contribution < -0.4 is 10.5 Å². The molecule has 2 aromatic carbocycles. The smallest absolute Gasteiger partial charge is 0.125 e. The number of nitrogens with two attached hydrogens (primary N) is 1. The minimum atomic E-state index is -0.0613. The van der Waals surface area contributed by atoms with Crippen molar-refractivity contribution in [2.45, 2.75) is 13.2 Å². The number of hydrogen-bond acceptors (Lipinski definition) is 3. The molecule has 0 saturated carbocycles. The second-order valence-electron chi connectivity index (χ2n) is 3.86. The second-order valence-corrected chi connectivity index (χ2v) is 4.27. The fraction of sp³-hybridized carbons (Fsp3) is 0.143. The van der Waals surface area contributed by atoms with Gasteiger partial charge in [-0.15, -0.1) is 0 Å². The average Bonchev–Trinajstić information content (AvgIpc) is 2.38. The highest BCUT2D eigenvalue weighted by Gasteiger charge is 2.07. The van der Waals surface area contributed by atoms with Gasteiger partial charge in [0.2, 0.25) is 0 Å². The zero-order chi connectivity index (χ0) is 13.0. The summed E-state index contributed by atoms with van der Waals surface area (Å²) >= 11 is 6.06. The number of benzene rings is 2. The normalized spacial score (nSPS) is 10.3. The van der Waals surface area contributed by atoms with Crippen molar-refractivity contribution in [2.24, 2.45) is 0 Å². The lowest BCUT2D eigenvalue weighted by Crippen LogP contribution is -2.02. The standard InChI is InChI=1S/C14H14ClNO2/c15-12-5-3-6-13(16)11(12)9-18-14-7-2-1-4-10(14)8-17/h1-7,17H,8-9,16H2. The van der Waals surface area contributed by atoms with Crippen molar-refractivity contribution in [1.82, 2.24) is 0 Å². The monoisotopic (exact) mass is 263 g/mol. The van der Waals surface area contributed by atoms with Crippen LogP contribution in [0, 0.1) is 0 Å². The topological polar surface area (TPSA) is 55.5 Å². The van der Waals surface area contributed by atoms with Crippen LogP contribution in [-0.4, -0.2) is 5.11 Å². The van der Waals surface area contributed by atoms with Crippen molar-refractivity contribution in [3.63, 3.8) is 0 Å². The molecule has 18 heavy (non-hydrogen) atoms. The molecule has 0 bridgehead atoms. The number of halogens is 1. The second kappa shape index (κ2) is 5.76. The van der Waals surface area contributed by atoms with Crippen molar-refractivity contribution in [1.29, 1.82) is 0 Å². The quantitative estimate of drug-likeness (QED) is 0.834. The molecule has 0 saturated heterocycles. The third kappa shape index (κ3) is 2.75. The van der Waals surface area contributed by atoms with Crippen molar-refractivity contribution in [3.8, 4) is 5.75 Å². The lowest BCUT2D eigenvalue weighted by molar-refractivity contribution is 0.259. The molecular weight excluding hydrogens is 250 g/mol. The van der Waals surface area contributed by atoms with Crippen LogP contribution in [0.1, 0.15) is 11.1 Å². The molecule has 2 rings (SSSR count). The largest absolute Gasteiger partial charge is 0.488 e. The number of nitrogen functional groups attached to an aromatic ring is 1. The molecule has 2 aromatic rings. The highest BCUT2D eigenvalue weighted by atomic mass is 35.5. The maximum absolute atomic E-state index is 9.19. The Morgan fingerprint density at radius 1 is 1.11 bits per heavy atom. The third-order valence-corrected chi connectivity index (χ3v) is 3.02. The van der Waals surface area contributed by atoms with E-state index in [1.165, 1.54) is 0 Å². The molecule has 0 fully saturated rings. The number of ether oxygens (including phenoxy) is 1. The Hall–Kier alpha value is -1.71. The third-order valence-electron chi connectivity index (χ3n) is 2.67. The predicted octanol–water partition coefficient (Wildman–Crippen LogP) is 2.99. The lowest BCUT2D eigenvalue weighted by Gasteiger charge is -2.12. The first-order chi connectivity index (χ1) is 8.72. The molecule has 3 N–H and O–H groups in total. The molecule has 4 heteroatoms. The predicted molar refractivity (Wildman–Crippen MR) is 72.6 cm³/mol. The molecule has 0 radical (unpaired) electrons. The molecule has 0 aliphatic rings. The molecule has 0 aliphatic heterocycles. The van der Waals surface area contributed by atoms with Crippen molar-refractivity contribution < 1.29 is 9.84 Å². The van der Waals surface area contributed by atoms with Gasteiger partial charge in [0, 0.05) is 21.8 Å². The highest BCUT2D eigenvalue weighted by Crippen LogP contribution is 2.25. The first kappa shape index (κ1) is 12.7. The van der Waals surface area contributed by atoms with E-state index in [1.54, 1.807) is 24.3 Å². The minimum absolute atomic E-state index is 0.0613. The zero-order valence-corrected chi connectivity index (χ0v) is 10.5. The van der Waals surface area contributed by atoms with Crippen molar-refractivity contribution in [2.75, 3.05) is 5.73 Å². The van der Waals surface area contributed by atoms with Gasteiger partial charge in [-0.1, -0.05) is 35.9 Å². The van der Waals surface area contributed by atoms with Crippen LogP contribution in [0.3, 0.4) is 0 Å². The molecular formula is C14H14ClNO2. The van der Waals surface area contributed by atoms with E-state index in [1.807, 2.05) is 18.2 Å². The number of aliphatic hydroxyl groups excluding tert-OH is 1. The Labute approximate surface area is 111 Å². The van der Waals surface area contributed by atoms with E-state index in [4.69, 9.17) is 22.1 Å². The van der Waals surface area contributed by atoms with Crippen LogP contribution in [0.25, 0.3) is 0 Å². The Bertz CT molecular complexity index is 523. The average molecular weight is 264 g/mol. The zero-order valence-electron chi connectivity index (χ0n) is 9.77. The van der Waals surface area contributed by atoms with E-state index in [2.05, 4.69) is 0 Å². The molecule has 0 heterocycles. The number of anilines is 1. The molecule has 0 amide bonds.